The average Bonchev–Trinajstić information content (AvgIpc) is 3.02. The topological polar surface area (TPSA) is 15.3 Å². The van der Waals surface area contributed by atoms with Crippen LogP contribution in [0.2, 0.25) is 0 Å². The predicted molar refractivity (Wildman–Crippen MR) is 73.8 cm³/mol. The number of hydrogen-bond acceptors (Lipinski definition) is 3. The summed E-state index contributed by atoms with van der Waals surface area (Å²) in [6, 6.07) is 5.70. The lowest BCUT2D eigenvalue weighted by Gasteiger charge is -2.20. The van der Waals surface area contributed by atoms with Crippen molar-refractivity contribution < 1.29 is 4.39 Å². The summed E-state index contributed by atoms with van der Waals surface area (Å²) in [4.78, 5) is 2.35. The van der Waals surface area contributed by atoms with E-state index < -0.39 is 0 Å². The highest BCUT2D eigenvalue weighted by atomic mass is 32.1. The molecule has 2 aliphatic rings. The molecule has 4 rings (SSSR count). The standard InChI is InChI=1S/C14H15FN2S/c15-13-3-11(4-14-12(13)1-2-18-14)17-7-9-5-16-6-10(9)8-17/h1-4,9-10,16H,5-8H2. The van der Waals surface area contributed by atoms with Gasteiger partial charge in [0, 0.05) is 42.0 Å². The second kappa shape index (κ2) is 3.93. The summed E-state index contributed by atoms with van der Waals surface area (Å²) in [6.45, 7) is 4.36. The third-order valence-electron chi connectivity index (χ3n) is 4.26. The molecular formula is C14H15FN2S. The summed E-state index contributed by atoms with van der Waals surface area (Å²) in [5.41, 5.74) is 1.05. The molecule has 2 nitrogen and oxygen atoms in total. The Hall–Kier alpha value is -1.13. The molecular weight excluding hydrogens is 247 g/mol. The number of rotatable bonds is 1. The molecule has 2 atom stereocenters. The number of nitrogens with one attached hydrogen (secondary N) is 1. The van der Waals surface area contributed by atoms with Crippen molar-refractivity contribution in [1.82, 2.24) is 5.32 Å². The van der Waals surface area contributed by atoms with E-state index in [1.54, 1.807) is 17.4 Å². The Kier molecular flexibility index (Phi) is 2.35. The van der Waals surface area contributed by atoms with Crippen molar-refractivity contribution in [2.75, 3.05) is 31.1 Å². The van der Waals surface area contributed by atoms with Crippen molar-refractivity contribution in [3.63, 3.8) is 0 Å². The van der Waals surface area contributed by atoms with E-state index in [0.717, 1.165) is 53.8 Å². The van der Waals surface area contributed by atoms with Crippen LogP contribution in [0.25, 0.3) is 10.1 Å². The van der Waals surface area contributed by atoms with E-state index >= 15 is 0 Å². The summed E-state index contributed by atoms with van der Waals surface area (Å²) in [7, 11) is 0. The third-order valence-corrected chi connectivity index (χ3v) is 5.12. The van der Waals surface area contributed by atoms with Gasteiger partial charge in [-0.15, -0.1) is 11.3 Å². The van der Waals surface area contributed by atoms with E-state index in [0.29, 0.717) is 0 Å². The van der Waals surface area contributed by atoms with Gasteiger partial charge in [0.1, 0.15) is 5.82 Å². The summed E-state index contributed by atoms with van der Waals surface area (Å²) in [6.07, 6.45) is 0. The van der Waals surface area contributed by atoms with E-state index in [2.05, 4.69) is 16.3 Å². The van der Waals surface area contributed by atoms with Gasteiger partial charge >= 0.3 is 0 Å². The summed E-state index contributed by atoms with van der Waals surface area (Å²) < 4.78 is 15.0. The first-order chi connectivity index (χ1) is 8.81. The quantitative estimate of drug-likeness (QED) is 0.850. The molecule has 0 bridgehead atoms. The van der Waals surface area contributed by atoms with Gasteiger partial charge in [-0.1, -0.05) is 0 Å². The smallest absolute Gasteiger partial charge is 0.133 e. The number of thiophene rings is 1. The van der Waals surface area contributed by atoms with Crippen LogP contribution in [-0.2, 0) is 0 Å². The minimum Gasteiger partial charge on any atom is -0.371 e. The molecule has 2 fully saturated rings. The van der Waals surface area contributed by atoms with Crippen LogP contribution in [0, 0.1) is 17.7 Å². The van der Waals surface area contributed by atoms with Gasteiger partial charge in [0.25, 0.3) is 0 Å². The van der Waals surface area contributed by atoms with Crippen molar-refractivity contribution in [2.45, 2.75) is 0 Å². The van der Waals surface area contributed by atoms with E-state index in [1.807, 2.05) is 11.4 Å². The molecule has 1 aromatic heterocycles. The van der Waals surface area contributed by atoms with E-state index in [-0.39, 0.29) is 5.82 Å². The van der Waals surface area contributed by atoms with E-state index in [4.69, 9.17) is 0 Å². The van der Waals surface area contributed by atoms with Gasteiger partial charge in [-0.25, -0.2) is 4.39 Å². The highest BCUT2D eigenvalue weighted by Gasteiger charge is 2.36. The maximum atomic E-state index is 14.0. The Morgan fingerprint density at radius 2 is 2.00 bits per heavy atom. The van der Waals surface area contributed by atoms with Crippen molar-refractivity contribution in [2.24, 2.45) is 11.8 Å². The zero-order valence-corrected chi connectivity index (χ0v) is 10.8. The third kappa shape index (κ3) is 1.56. The molecule has 0 amide bonds. The molecule has 0 saturated carbocycles. The average molecular weight is 262 g/mol. The molecule has 2 saturated heterocycles. The van der Waals surface area contributed by atoms with E-state index in [9.17, 15) is 4.39 Å². The van der Waals surface area contributed by atoms with Crippen molar-refractivity contribution in [3.05, 3.63) is 29.4 Å². The molecule has 94 valence electrons. The molecule has 1 N–H and O–H groups in total. The fourth-order valence-electron chi connectivity index (χ4n) is 3.26. The largest absolute Gasteiger partial charge is 0.371 e. The molecule has 0 radical (unpaired) electrons. The molecule has 1 aromatic carbocycles. The molecule has 2 aromatic rings. The second-order valence-electron chi connectivity index (χ2n) is 5.34. The highest BCUT2D eigenvalue weighted by Crippen LogP contribution is 2.34. The number of nitrogens with zero attached hydrogens (tertiary/aromatic N) is 1. The van der Waals surface area contributed by atoms with Crippen LogP contribution in [0.1, 0.15) is 0 Å². The minimum atomic E-state index is -0.0843. The van der Waals surface area contributed by atoms with Gasteiger partial charge in [0.2, 0.25) is 0 Å². The van der Waals surface area contributed by atoms with Crippen LogP contribution < -0.4 is 10.2 Å². The molecule has 2 unspecified atom stereocenters. The van der Waals surface area contributed by atoms with Gasteiger partial charge < -0.3 is 10.2 Å². The summed E-state index contributed by atoms with van der Waals surface area (Å²) in [5, 5.41) is 6.15. The van der Waals surface area contributed by atoms with Gasteiger partial charge in [-0.2, -0.15) is 0 Å². The lowest BCUT2D eigenvalue weighted by Crippen LogP contribution is -2.25. The van der Waals surface area contributed by atoms with Crippen molar-refractivity contribution in [3.8, 4) is 0 Å². The van der Waals surface area contributed by atoms with Crippen molar-refractivity contribution >= 4 is 27.1 Å². The fourth-order valence-corrected chi connectivity index (χ4v) is 4.09. The number of hydrogen-bond donors (Lipinski definition) is 1. The molecule has 3 heterocycles. The summed E-state index contributed by atoms with van der Waals surface area (Å²) in [5.74, 6) is 1.40. The molecule has 4 heteroatoms. The lowest BCUT2D eigenvalue weighted by molar-refractivity contribution is 0.533. The summed E-state index contributed by atoms with van der Waals surface area (Å²) >= 11 is 1.62. The number of benzene rings is 1. The van der Waals surface area contributed by atoms with Crippen molar-refractivity contribution in [1.29, 1.82) is 0 Å². The zero-order valence-electron chi connectivity index (χ0n) is 10.0. The maximum absolute atomic E-state index is 14.0. The zero-order chi connectivity index (χ0) is 12.1. The molecule has 0 aliphatic carbocycles. The Labute approximate surface area is 109 Å². The molecule has 2 aliphatic heterocycles. The first-order valence-corrected chi connectivity index (χ1v) is 7.31. The van der Waals surface area contributed by atoms with Crippen LogP contribution in [0.3, 0.4) is 0 Å². The van der Waals surface area contributed by atoms with Gasteiger partial charge in [-0.05, 0) is 35.4 Å². The first-order valence-electron chi connectivity index (χ1n) is 6.44. The maximum Gasteiger partial charge on any atom is 0.133 e. The highest BCUT2D eigenvalue weighted by molar-refractivity contribution is 7.17. The van der Waals surface area contributed by atoms with Crippen LogP contribution in [0.4, 0.5) is 10.1 Å². The van der Waals surface area contributed by atoms with Crippen LogP contribution in [0.5, 0.6) is 0 Å². The van der Waals surface area contributed by atoms with E-state index in [1.165, 1.54) is 0 Å². The second-order valence-corrected chi connectivity index (χ2v) is 6.29. The number of halogens is 1. The Balaban J connectivity index is 1.70. The molecule has 0 spiro atoms. The monoisotopic (exact) mass is 262 g/mol. The first kappa shape index (κ1) is 10.8. The van der Waals surface area contributed by atoms with Crippen LogP contribution >= 0.6 is 11.3 Å². The van der Waals surface area contributed by atoms with Gasteiger partial charge in [0.15, 0.2) is 0 Å². The number of anilines is 1. The van der Waals surface area contributed by atoms with Crippen LogP contribution in [-0.4, -0.2) is 26.2 Å². The SMILES string of the molecule is Fc1cc(N2CC3CNCC3C2)cc2sccc12. The van der Waals surface area contributed by atoms with Gasteiger partial charge in [0.05, 0.1) is 0 Å². The van der Waals surface area contributed by atoms with Crippen LogP contribution in [0.15, 0.2) is 23.6 Å². The predicted octanol–water partition coefficient (Wildman–Crippen LogP) is 2.70. The normalized spacial score (nSPS) is 27.1. The Bertz CT molecular complexity index is 582. The fraction of sp³-hybridized carbons (Fsp3) is 0.429. The minimum absolute atomic E-state index is 0.0843. The Morgan fingerprint density at radius 3 is 2.78 bits per heavy atom. The molecule has 18 heavy (non-hydrogen) atoms. The number of fused-ring (bicyclic) bond motifs is 2. The lowest BCUT2D eigenvalue weighted by atomic mass is 10.0. The Morgan fingerprint density at radius 1 is 1.22 bits per heavy atom. The van der Waals surface area contributed by atoms with Gasteiger partial charge in [-0.3, -0.25) is 0 Å².